The van der Waals surface area contributed by atoms with Crippen molar-refractivity contribution in [2.24, 2.45) is 22.7 Å². The number of amides is 1. The van der Waals surface area contributed by atoms with Gasteiger partial charge in [0.05, 0.1) is 7.11 Å². The second-order valence-corrected chi connectivity index (χ2v) is 8.09. The highest BCUT2D eigenvalue weighted by Gasteiger charge is 2.67. The number of hydrogen-bond donors (Lipinski definition) is 0. The molecule has 0 aromatic carbocycles. The van der Waals surface area contributed by atoms with E-state index in [-0.39, 0.29) is 17.8 Å². The monoisotopic (exact) mass is 346 g/mol. The van der Waals surface area contributed by atoms with E-state index in [1.54, 1.807) is 20.8 Å². The van der Waals surface area contributed by atoms with Crippen LogP contribution in [-0.2, 0) is 14.3 Å². The standard InChI is InChI=1S/C19H26N2O4/c1-11-9-12-7-8-13(11)14-10-21(17(23)25-18(2,3)4)15(16(22)24-6)19(12,14)20-5/h7-8,12-15H,1,5,9-10H2,2-4,6H3/t12-,13+,14+,15+,19+/m0/s1. The number of carbonyl (C=O) groups excluding carboxylic acids is 2. The van der Waals surface area contributed by atoms with E-state index in [1.807, 2.05) is 0 Å². The van der Waals surface area contributed by atoms with Crippen molar-refractivity contribution in [1.82, 2.24) is 4.90 Å². The Morgan fingerprint density at radius 3 is 2.56 bits per heavy atom. The zero-order chi connectivity index (χ0) is 18.6. The number of nitrogens with zero attached hydrogens (tertiary/aromatic N) is 2. The molecule has 2 fully saturated rings. The van der Waals surface area contributed by atoms with Gasteiger partial charge in [-0.05, 0) is 33.9 Å². The van der Waals surface area contributed by atoms with Gasteiger partial charge in [0.2, 0.25) is 0 Å². The average molecular weight is 346 g/mol. The molecule has 1 saturated carbocycles. The molecule has 6 nitrogen and oxygen atoms in total. The molecule has 1 heterocycles. The zero-order valence-electron chi connectivity index (χ0n) is 15.3. The molecular weight excluding hydrogens is 320 g/mol. The molecule has 0 N–H and O–H groups in total. The topological polar surface area (TPSA) is 68.2 Å². The summed E-state index contributed by atoms with van der Waals surface area (Å²) in [5, 5.41) is 0. The molecule has 6 heteroatoms. The Morgan fingerprint density at radius 2 is 2.04 bits per heavy atom. The molecule has 25 heavy (non-hydrogen) atoms. The van der Waals surface area contributed by atoms with Crippen molar-refractivity contribution < 1.29 is 19.1 Å². The molecule has 0 aromatic heterocycles. The van der Waals surface area contributed by atoms with Crippen LogP contribution in [0.15, 0.2) is 29.3 Å². The first-order valence-electron chi connectivity index (χ1n) is 8.57. The number of aliphatic imine (C=N–C) groups is 1. The molecule has 0 aromatic rings. The first kappa shape index (κ1) is 17.7. The Hall–Kier alpha value is -2.11. The van der Waals surface area contributed by atoms with Crippen LogP contribution in [0.1, 0.15) is 27.2 Å². The molecular formula is C19H26N2O4. The van der Waals surface area contributed by atoms with Crippen LogP contribution < -0.4 is 0 Å². The van der Waals surface area contributed by atoms with Gasteiger partial charge in [0, 0.05) is 24.3 Å². The largest absolute Gasteiger partial charge is 0.467 e. The van der Waals surface area contributed by atoms with Crippen molar-refractivity contribution in [2.45, 2.75) is 44.4 Å². The Kier molecular flexibility index (Phi) is 4.05. The smallest absolute Gasteiger partial charge is 0.411 e. The second kappa shape index (κ2) is 5.71. The predicted octanol–water partition coefficient (Wildman–Crippen LogP) is 2.60. The van der Waals surface area contributed by atoms with E-state index < -0.39 is 29.2 Å². The number of methoxy groups -OCH3 is 1. The highest BCUT2D eigenvalue weighted by molar-refractivity contribution is 5.85. The van der Waals surface area contributed by atoms with Crippen molar-refractivity contribution in [3.8, 4) is 0 Å². The van der Waals surface area contributed by atoms with E-state index >= 15 is 0 Å². The van der Waals surface area contributed by atoms with Crippen LogP contribution in [0.5, 0.6) is 0 Å². The van der Waals surface area contributed by atoms with Gasteiger partial charge < -0.3 is 9.47 Å². The first-order valence-corrected chi connectivity index (χ1v) is 8.57. The molecule has 1 amide bonds. The van der Waals surface area contributed by atoms with Gasteiger partial charge in [0.15, 0.2) is 6.04 Å². The molecule has 4 aliphatic rings. The van der Waals surface area contributed by atoms with Crippen molar-refractivity contribution in [1.29, 1.82) is 0 Å². The van der Waals surface area contributed by atoms with Crippen LogP contribution in [0.4, 0.5) is 4.79 Å². The number of esters is 1. The lowest BCUT2D eigenvalue weighted by Gasteiger charge is -2.50. The van der Waals surface area contributed by atoms with Gasteiger partial charge in [-0.25, -0.2) is 9.59 Å². The predicted molar refractivity (Wildman–Crippen MR) is 94.4 cm³/mol. The summed E-state index contributed by atoms with van der Waals surface area (Å²) in [4.78, 5) is 31.4. The minimum atomic E-state index is -0.833. The summed E-state index contributed by atoms with van der Waals surface area (Å²) in [5.74, 6) is -0.468. The fraction of sp³-hybridized carbons (Fsp3) is 0.632. The van der Waals surface area contributed by atoms with Crippen molar-refractivity contribution in [3.05, 3.63) is 24.3 Å². The Bertz CT molecular complexity index is 663. The summed E-state index contributed by atoms with van der Waals surface area (Å²) in [6.45, 7) is 13.8. The lowest BCUT2D eigenvalue weighted by Crippen LogP contribution is -2.60. The molecule has 0 unspecified atom stereocenters. The Morgan fingerprint density at radius 1 is 1.36 bits per heavy atom. The third kappa shape index (κ3) is 2.50. The van der Waals surface area contributed by atoms with Crippen LogP contribution in [0.2, 0.25) is 0 Å². The zero-order valence-corrected chi connectivity index (χ0v) is 15.3. The molecule has 1 aliphatic heterocycles. The summed E-state index contributed by atoms with van der Waals surface area (Å²) in [7, 11) is 1.33. The van der Waals surface area contributed by atoms with Gasteiger partial charge in [-0.2, -0.15) is 0 Å². The number of rotatable bonds is 2. The van der Waals surface area contributed by atoms with Gasteiger partial charge in [-0.3, -0.25) is 9.89 Å². The molecule has 5 atom stereocenters. The number of ether oxygens (including phenoxy) is 2. The van der Waals surface area contributed by atoms with E-state index in [4.69, 9.17) is 9.47 Å². The van der Waals surface area contributed by atoms with Gasteiger partial charge >= 0.3 is 12.1 Å². The fourth-order valence-corrected chi connectivity index (χ4v) is 4.66. The SMILES string of the molecule is C=N[C@]12[C@H](CN(C(=O)OC(C)(C)C)[C@@H]1C(=O)OC)[C@@H]1C=C[C@H]2CC1=C. The average Bonchev–Trinajstić information content (AvgIpc) is 2.91. The maximum Gasteiger partial charge on any atom is 0.411 e. The van der Waals surface area contributed by atoms with Crippen LogP contribution in [0.25, 0.3) is 0 Å². The van der Waals surface area contributed by atoms with Crippen molar-refractivity contribution in [2.75, 3.05) is 13.7 Å². The minimum Gasteiger partial charge on any atom is -0.467 e. The number of fused-ring (bicyclic) bond motifs is 1. The molecule has 0 spiro atoms. The third-order valence-corrected chi connectivity index (χ3v) is 5.60. The molecule has 4 rings (SSSR count). The number of likely N-dealkylation sites (tertiary alicyclic amines) is 1. The molecule has 2 bridgehead atoms. The summed E-state index contributed by atoms with van der Waals surface area (Å²) in [6.07, 6.45) is 4.42. The van der Waals surface area contributed by atoms with Crippen molar-refractivity contribution in [3.63, 3.8) is 0 Å². The van der Waals surface area contributed by atoms with E-state index in [1.165, 1.54) is 12.0 Å². The highest BCUT2D eigenvalue weighted by atomic mass is 16.6. The van der Waals surface area contributed by atoms with Crippen LogP contribution in [-0.4, -0.2) is 54.5 Å². The second-order valence-electron chi connectivity index (χ2n) is 8.09. The molecule has 136 valence electrons. The van der Waals surface area contributed by atoms with E-state index in [0.717, 1.165) is 12.0 Å². The Labute approximate surface area is 148 Å². The normalized spacial score (nSPS) is 36.2. The van der Waals surface area contributed by atoms with Crippen LogP contribution >= 0.6 is 0 Å². The summed E-state index contributed by atoms with van der Waals surface area (Å²) in [6, 6.07) is -0.833. The van der Waals surface area contributed by atoms with Crippen molar-refractivity contribution >= 4 is 18.8 Å². The third-order valence-electron chi connectivity index (χ3n) is 5.60. The summed E-state index contributed by atoms with van der Waals surface area (Å²) < 4.78 is 10.6. The summed E-state index contributed by atoms with van der Waals surface area (Å²) >= 11 is 0. The minimum absolute atomic E-state index is 0.0240. The van der Waals surface area contributed by atoms with Crippen LogP contribution in [0.3, 0.4) is 0 Å². The number of carbonyl (C=O) groups is 2. The van der Waals surface area contributed by atoms with Gasteiger partial charge in [0.25, 0.3) is 0 Å². The molecule has 0 radical (unpaired) electrons. The first-order chi connectivity index (χ1) is 11.7. The Balaban J connectivity index is 2.05. The number of allylic oxidation sites excluding steroid dienone is 2. The van der Waals surface area contributed by atoms with E-state index in [2.05, 4.69) is 30.4 Å². The summed E-state index contributed by atoms with van der Waals surface area (Å²) in [5.41, 5.74) is -0.322. The van der Waals surface area contributed by atoms with Gasteiger partial charge in [0.1, 0.15) is 11.1 Å². The van der Waals surface area contributed by atoms with Gasteiger partial charge in [-0.15, -0.1) is 0 Å². The lowest BCUT2D eigenvalue weighted by atomic mass is 9.56. The quantitative estimate of drug-likeness (QED) is 0.438. The maximum absolute atomic E-state index is 12.8. The van der Waals surface area contributed by atoms with E-state index in [0.29, 0.717) is 6.54 Å². The number of hydrogen-bond acceptors (Lipinski definition) is 5. The molecule has 1 saturated heterocycles. The van der Waals surface area contributed by atoms with Gasteiger partial charge in [-0.1, -0.05) is 24.3 Å². The lowest BCUT2D eigenvalue weighted by molar-refractivity contribution is -0.148. The fourth-order valence-electron chi connectivity index (χ4n) is 4.66. The highest BCUT2D eigenvalue weighted by Crippen LogP contribution is 2.57. The molecule has 3 aliphatic carbocycles. The maximum atomic E-state index is 12.8. The van der Waals surface area contributed by atoms with E-state index in [9.17, 15) is 9.59 Å². The van der Waals surface area contributed by atoms with Crippen LogP contribution in [0, 0.1) is 17.8 Å².